The Morgan fingerprint density at radius 1 is 0.700 bits per heavy atom. The Labute approximate surface area is 176 Å². The van der Waals surface area contributed by atoms with Crippen molar-refractivity contribution >= 4 is 11.8 Å². The molecule has 1 saturated heterocycles. The first-order valence-electron chi connectivity index (χ1n) is 10.1. The average Bonchev–Trinajstić information content (AvgIpc) is 2.83. The third-order valence-corrected chi connectivity index (χ3v) is 5.26. The van der Waals surface area contributed by atoms with Crippen molar-refractivity contribution in [3.63, 3.8) is 0 Å². The van der Waals surface area contributed by atoms with Crippen LogP contribution >= 0.6 is 0 Å². The lowest BCUT2D eigenvalue weighted by atomic mass is 10.1. The van der Waals surface area contributed by atoms with E-state index in [0.717, 1.165) is 11.1 Å². The number of benzene rings is 3. The summed E-state index contributed by atoms with van der Waals surface area (Å²) in [5.41, 5.74) is 2.69. The molecule has 0 radical (unpaired) electrons. The lowest BCUT2D eigenvalue weighted by molar-refractivity contribution is -0.134. The van der Waals surface area contributed by atoms with Crippen LogP contribution in [0.15, 0.2) is 84.9 Å². The van der Waals surface area contributed by atoms with Crippen LogP contribution in [0, 0.1) is 0 Å². The minimum absolute atomic E-state index is 0.00994. The molecule has 1 aliphatic heterocycles. The topological polar surface area (TPSA) is 49.9 Å². The number of carbonyl (C=O) groups is 2. The summed E-state index contributed by atoms with van der Waals surface area (Å²) in [5.74, 6) is 0.635. The number of para-hydroxylation sites is 1. The van der Waals surface area contributed by atoms with Crippen molar-refractivity contribution < 1.29 is 14.3 Å². The predicted molar refractivity (Wildman–Crippen MR) is 116 cm³/mol. The van der Waals surface area contributed by atoms with Gasteiger partial charge in [0.25, 0.3) is 11.8 Å². The Morgan fingerprint density at radius 2 is 1.27 bits per heavy atom. The molecule has 0 bridgehead atoms. The van der Waals surface area contributed by atoms with Crippen molar-refractivity contribution in [1.82, 2.24) is 9.80 Å². The normalized spacial score (nSPS) is 13.7. The molecule has 0 atom stereocenters. The van der Waals surface area contributed by atoms with E-state index in [0.29, 0.717) is 37.5 Å². The summed E-state index contributed by atoms with van der Waals surface area (Å²) in [7, 11) is 0. The number of ether oxygens (including phenoxy) is 1. The Kier molecular flexibility index (Phi) is 6.09. The summed E-state index contributed by atoms with van der Waals surface area (Å²) in [4.78, 5) is 28.8. The van der Waals surface area contributed by atoms with Gasteiger partial charge < -0.3 is 14.5 Å². The van der Waals surface area contributed by atoms with Crippen LogP contribution in [0.5, 0.6) is 5.75 Å². The molecule has 5 nitrogen and oxygen atoms in total. The van der Waals surface area contributed by atoms with E-state index in [9.17, 15) is 9.59 Å². The number of hydrogen-bond donors (Lipinski definition) is 0. The molecule has 2 amide bonds. The molecular formula is C25H24N2O3. The standard InChI is InChI=1S/C25H24N2O3/c28-24(19-30-23-14-8-7-13-22(23)20-9-3-1-4-10-20)26-15-17-27(18-16-26)25(29)21-11-5-2-6-12-21/h1-14H,15-19H2. The van der Waals surface area contributed by atoms with Gasteiger partial charge in [-0.2, -0.15) is 0 Å². The van der Waals surface area contributed by atoms with Crippen LogP contribution in [0.4, 0.5) is 0 Å². The minimum Gasteiger partial charge on any atom is -0.483 e. The smallest absolute Gasteiger partial charge is 0.260 e. The van der Waals surface area contributed by atoms with E-state index in [1.807, 2.05) is 84.9 Å². The van der Waals surface area contributed by atoms with Gasteiger partial charge in [-0.1, -0.05) is 66.7 Å². The first-order chi connectivity index (χ1) is 14.7. The SMILES string of the molecule is O=C(COc1ccccc1-c1ccccc1)N1CCN(C(=O)c2ccccc2)CC1. The van der Waals surface area contributed by atoms with Crippen molar-refractivity contribution in [3.05, 3.63) is 90.5 Å². The van der Waals surface area contributed by atoms with Gasteiger partial charge in [-0.3, -0.25) is 9.59 Å². The zero-order valence-electron chi connectivity index (χ0n) is 16.7. The summed E-state index contributed by atoms with van der Waals surface area (Å²) in [5, 5.41) is 0. The van der Waals surface area contributed by atoms with Crippen LogP contribution in [0.3, 0.4) is 0 Å². The molecule has 1 fully saturated rings. The van der Waals surface area contributed by atoms with E-state index in [1.54, 1.807) is 9.80 Å². The molecule has 0 saturated carbocycles. The highest BCUT2D eigenvalue weighted by molar-refractivity contribution is 5.94. The third-order valence-electron chi connectivity index (χ3n) is 5.26. The van der Waals surface area contributed by atoms with E-state index < -0.39 is 0 Å². The van der Waals surface area contributed by atoms with E-state index in [4.69, 9.17) is 4.74 Å². The molecule has 0 N–H and O–H groups in total. The molecule has 1 heterocycles. The first-order valence-corrected chi connectivity index (χ1v) is 10.1. The first kappa shape index (κ1) is 19.7. The van der Waals surface area contributed by atoms with Crippen LogP contribution in [-0.4, -0.2) is 54.4 Å². The Bertz CT molecular complexity index is 997. The zero-order chi connectivity index (χ0) is 20.8. The van der Waals surface area contributed by atoms with E-state index in [2.05, 4.69) is 0 Å². The van der Waals surface area contributed by atoms with Gasteiger partial charge in [-0.05, 0) is 23.8 Å². The van der Waals surface area contributed by atoms with Crippen LogP contribution < -0.4 is 4.74 Å². The van der Waals surface area contributed by atoms with Crippen molar-refractivity contribution in [2.24, 2.45) is 0 Å². The van der Waals surface area contributed by atoms with Crippen LogP contribution in [0.25, 0.3) is 11.1 Å². The second-order valence-electron chi connectivity index (χ2n) is 7.19. The van der Waals surface area contributed by atoms with Crippen LogP contribution in [0.1, 0.15) is 10.4 Å². The van der Waals surface area contributed by atoms with E-state index in [-0.39, 0.29) is 18.4 Å². The fourth-order valence-electron chi connectivity index (χ4n) is 3.60. The number of rotatable bonds is 5. The quantitative estimate of drug-likeness (QED) is 0.656. The molecule has 0 spiro atoms. The van der Waals surface area contributed by atoms with Gasteiger partial charge in [-0.15, -0.1) is 0 Å². The molecule has 4 rings (SSSR count). The number of nitrogens with zero attached hydrogens (tertiary/aromatic N) is 2. The Hall–Kier alpha value is -3.60. The van der Waals surface area contributed by atoms with Gasteiger partial charge in [0.1, 0.15) is 5.75 Å². The van der Waals surface area contributed by atoms with Crippen molar-refractivity contribution in [1.29, 1.82) is 0 Å². The summed E-state index contributed by atoms with van der Waals surface area (Å²) < 4.78 is 5.88. The molecule has 1 aliphatic rings. The molecule has 3 aromatic rings. The van der Waals surface area contributed by atoms with Crippen LogP contribution in [-0.2, 0) is 4.79 Å². The highest BCUT2D eigenvalue weighted by Gasteiger charge is 2.25. The zero-order valence-corrected chi connectivity index (χ0v) is 16.7. The van der Waals surface area contributed by atoms with Crippen molar-refractivity contribution in [2.45, 2.75) is 0 Å². The van der Waals surface area contributed by atoms with Gasteiger partial charge in [0.15, 0.2) is 6.61 Å². The second-order valence-corrected chi connectivity index (χ2v) is 7.19. The third kappa shape index (κ3) is 4.51. The van der Waals surface area contributed by atoms with E-state index in [1.165, 1.54) is 0 Å². The van der Waals surface area contributed by atoms with Gasteiger partial charge in [-0.25, -0.2) is 0 Å². The maximum Gasteiger partial charge on any atom is 0.260 e. The Morgan fingerprint density at radius 3 is 1.97 bits per heavy atom. The highest BCUT2D eigenvalue weighted by atomic mass is 16.5. The molecule has 0 unspecified atom stereocenters. The second kappa shape index (κ2) is 9.27. The number of amides is 2. The van der Waals surface area contributed by atoms with Crippen LogP contribution in [0.2, 0.25) is 0 Å². The lowest BCUT2D eigenvalue weighted by Crippen LogP contribution is -2.51. The summed E-state index contributed by atoms with van der Waals surface area (Å²) in [6.45, 7) is 2.07. The minimum atomic E-state index is -0.0651. The summed E-state index contributed by atoms with van der Waals surface area (Å²) >= 11 is 0. The molecule has 0 aliphatic carbocycles. The van der Waals surface area contributed by atoms with Crippen molar-refractivity contribution in [2.75, 3.05) is 32.8 Å². The van der Waals surface area contributed by atoms with Gasteiger partial charge in [0.2, 0.25) is 0 Å². The molecule has 5 heteroatoms. The number of piperazine rings is 1. The fourth-order valence-corrected chi connectivity index (χ4v) is 3.60. The average molecular weight is 400 g/mol. The van der Waals surface area contributed by atoms with Gasteiger partial charge in [0.05, 0.1) is 0 Å². The molecule has 3 aromatic carbocycles. The monoisotopic (exact) mass is 400 g/mol. The van der Waals surface area contributed by atoms with Gasteiger partial charge >= 0.3 is 0 Å². The largest absolute Gasteiger partial charge is 0.483 e. The summed E-state index contributed by atoms with van der Waals surface area (Å²) in [6, 6.07) is 26.9. The Balaban J connectivity index is 1.33. The summed E-state index contributed by atoms with van der Waals surface area (Å²) in [6.07, 6.45) is 0. The molecule has 30 heavy (non-hydrogen) atoms. The number of hydrogen-bond acceptors (Lipinski definition) is 3. The predicted octanol–water partition coefficient (Wildman–Crippen LogP) is 3.72. The van der Waals surface area contributed by atoms with Gasteiger partial charge in [0, 0.05) is 37.3 Å². The molecular weight excluding hydrogens is 376 g/mol. The fraction of sp³-hybridized carbons (Fsp3) is 0.200. The molecule has 152 valence electrons. The maximum atomic E-state index is 12.7. The number of carbonyl (C=O) groups excluding carboxylic acids is 2. The maximum absolute atomic E-state index is 12.7. The van der Waals surface area contributed by atoms with Crippen molar-refractivity contribution in [3.8, 4) is 16.9 Å². The highest BCUT2D eigenvalue weighted by Crippen LogP contribution is 2.29. The molecule has 0 aromatic heterocycles. The lowest BCUT2D eigenvalue weighted by Gasteiger charge is -2.34. The van der Waals surface area contributed by atoms with E-state index >= 15 is 0 Å².